The summed E-state index contributed by atoms with van der Waals surface area (Å²) in [4.78, 5) is 31.1. The SMILES string of the molecule is CN1C(=O)[C@@H]2C3c4ccccc4C([C@@H]4OC[C@H](Cc5ccccc5)N4C)(c4ccccc43)[C@@H]2C1=O.ClCCl. The molecular weight excluding hydrogens is 519 g/mol. The van der Waals surface area contributed by atoms with E-state index in [4.69, 9.17) is 27.9 Å². The third-order valence-corrected chi connectivity index (χ3v) is 9.00. The number of nitrogens with zero attached hydrogens (tertiary/aromatic N) is 2. The summed E-state index contributed by atoms with van der Waals surface area (Å²) in [6, 6.07) is 27.5. The third-order valence-electron chi connectivity index (χ3n) is 9.00. The van der Waals surface area contributed by atoms with Crippen molar-refractivity contribution in [1.29, 1.82) is 0 Å². The average molecular weight is 549 g/mol. The molecule has 0 unspecified atom stereocenters. The van der Waals surface area contributed by atoms with Gasteiger partial charge in [0.2, 0.25) is 11.8 Å². The Morgan fingerprint density at radius 1 is 0.842 bits per heavy atom. The summed E-state index contributed by atoms with van der Waals surface area (Å²) in [6.07, 6.45) is 0.520. The number of likely N-dealkylation sites (N-methyl/N-ethyl adjacent to an activating group) is 1. The normalized spacial score (nSPS) is 30.9. The number of imide groups is 1. The standard InChI is InChI=1S/C30H28N2O3.CH2Cl2/c1-31-19(16-18-10-4-3-5-11-18)17-35-29(31)30-22-14-8-6-12-20(22)24(21-13-7-9-15-23(21)30)25-26(30)28(34)32(2)27(25)33;2-1-3/h3-15,19,24-26,29H,16-17H2,1-2H3;1H2/t19-,24?,25+,26-,29-,30?;/m0./s1. The van der Waals surface area contributed by atoms with Crippen LogP contribution in [0.2, 0.25) is 0 Å². The second-order valence-electron chi connectivity index (χ2n) is 10.6. The molecule has 3 aromatic rings. The first-order chi connectivity index (χ1) is 18.5. The first-order valence-electron chi connectivity index (χ1n) is 13.0. The zero-order valence-electron chi connectivity index (χ0n) is 21.4. The van der Waals surface area contributed by atoms with Crippen LogP contribution < -0.4 is 0 Å². The molecule has 2 fully saturated rings. The first-order valence-corrected chi connectivity index (χ1v) is 14.0. The Morgan fingerprint density at radius 2 is 1.39 bits per heavy atom. The average Bonchev–Trinajstić information content (AvgIpc) is 3.42. The largest absolute Gasteiger partial charge is 0.360 e. The number of likely N-dealkylation sites (tertiary alicyclic amines) is 1. The van der Waals surface area contributed by atoms with Crippen molar-refractivity contribution >= 4 is 35.0 Å². The van der Waals surface area contributed by atoms with Gasteiger partial charge in [0.15, 0.2) is 0 Å². The lowest BCUT2D eigenvalue weighted by Crippen LogP contribution is -2.62. The van der Waals surface area contributed by atoms with E-state index in [1.807, 2.05) is 18.2 Å². The molecule has 0 N–H and O–H groups in total. The minimum Gasteiger partial charge on any atom is -0.360 e. The quantitative estimate of drug-likeness (QED) is 0.342. The molecule has 2 heterocycles. The van der Waals surface area contributed by atoms with E-state index >= 15 is 0 Å². The van der Waals surface area contributed by atoms with E-state index in [-0.39, 0.29) is 35.3 Å². The van der Waals surface area contributed by atoms with Crippen LogP contribution in [0.25, 0.3) is 0 Å². The van der Waals surface area contributed by atoms with Gasteiger partial charge >= 0.3 is 0 Å². The molecule has 4 atom stereocenters. The summed E-state index contributed by atoms with van der Waals surface area (Å²) in [5.74, 6) is -1.14. The molecule has 0 radical (unpaired) electrons. The number of alkyl halides is 2. The number of hydrogen-bond donors (Lipinski definition) is 0. The number of amides is 2. The Morgan fingerprint density at radius 3 is 2.00 bits per heavy atom. The van der Waals surface area contributed by atoms with E-state index in [1.165, 1.54) is 10.5 Å². The van der Waals surface area contributed by atoms with Gasteiger partial charge in [-0.1, -0.05) is 78.9 Å². The molecular formula is C31H30Cl2N2O3. The lowest BCUT2D eigenvalue weighted by atomic mass is 9.46. The molecule has 3 aliphatic carbocycles. The summed E-state index contributed by atoms with van der Waals surface area (Å²) in [5.41, 5.74) is 5.12. The fraction of sp³-hybridized carbons (Fsp3) is 0.355. The topological polar surface area (TPSA) is 49.9 Å². The zero-order chi connectivity index (χ0) is 26.6. The summed E-state index contributed by atoms with van der Waals surface area (Å²) in [7, 11) is 3.76. The van der Waals surface area contributed by atoms with Gasteiger partial charge in [0.05, 0.1) is 29.2 Å². The van der Waals surface area contributed by atoms with Gasteiger partial charge in [0.25, 0.3) is 0 Å². The molecule has 3 aromatic carbocycles. The van der Waals surface area contributed by atoms with Crippen LogP contribution in [0.5, 0.6) is 0 Å². The maximum Gasteiger partial charge on any atom is 0.234 e. The minimum atomic E-state index is -0.746. The van der Waals surface area contributed by atoms with Crippen LogP contribution in [0.4, 0.5) is 0 Å². The minimum absolute atomic E-state index is 0.0696. The van der Waals surface area contributed by atoms with Crippen LogP contribution in [-0.4, -0.2) is 59.9 Å². The summed E-state index contributed by atoms with van der Waals surface area (Å²) in [6.45, 7) is 0.584. The number of benzene rings is 3. The van der Waals surface area contributed by atoms with Crippen molar-refractivity contribution in [3.8, 4) is 0 Å². The van der Waals surface area contributed by atoms with Crippen molar-refractivity contribution in [1.82, 2.24) is 9.80 Å². The van der Waals surface area contributed by atoms with Gasteiger partial charge in [0.1, 0.15) is 6.23 Å². The second kappa shape index (κ2) is 9.80. The van der Waals surface area contributed by atoms with Gasteiger partial charge in [-0.2, -0.15) is 0 Å². The fourth-order valence-corrected chi connectivity index (χ4v) is 7.56. The summed E-state index contributed by atoms with van der Waals surface area (Å²) >= 11 is 9.53. The monoisotopic (exact) mass is 548 g/mol. The lowest BCUT2D eigenvalue weighted by Gasteiger charge is -2.57. The number of rotatable bonds is 3. The van der Waals surface area contributed by atoms with Gasteiger partial charge in [-0.05, 0) is 41.3 Å². The summed E-state index contributed by atoms with van der Waals surface area (Å²) < 4.78 is 6.69. The molecule has 196 valence electrons. The molecule has 0 spiro atoms. The molecule has 2 amide bonds. The number of ether oxygens (including phenoxy) is 1. The first kappa shape index (κ1) is 25.6. The van der Waals surface area contributed by atoms with Crippen LogP contribution in [0.1, 0.15) is 33.7 Å². The molecule has 5 nitrogen and oxygen atoms in total. The number of hydrogen-bond acceptors (Lipinski definition) is 4. The van der Waals surface area contributed by atoms with Crippen LogP contribution in [-0.2, 0) is 26.2 Å². The lowest BCUT2D eigenvalue weighted by molar-refractivity contribution is -0.139. The second-order valence-corrected chi connectivity index (χ2v) is 11.4. The van der Waals surface area contributed by atoms with Crippen LogP contribution in [0.3, 0.4) is 0 Å². The van der Waals surface area contributed by atoms with Crippen molar-refractivity contribution in [3.05, 3.63) is 107 Å². The molecule has 7 heteroatoms. The van der Waals surface area contributed by atoms with E-state index < -0.39 is 17.3 Å². The predicted octanol–water partition coefficient (Wildman–Crippen LogP) is 4.98. The van der Waals surface area contributed by atoms with Crippen LogP contribution in [0, 0.1) is 11.8 Å². The van der Waals surface area contributed by atoms with E-state index in [0.29, 0.717) is 6.61 Å². The zero-order valence-corrected chi connectivity index (χ0v) is 22.9. The molecule has 0 saturated carbocycles. The number of carbonyl (C=O) groups is 2. The van der Waals surface area contributed by atoms with Crippen molar-refractivity contribution in [2.24, 2.45) is 11.8 Å². The predicted molar refractivity (Wildman–Crippen MR) is 148 cm³/mol. The highest BCUT2D eigenvalue weighted by molar-refractivity contribution is 6.40. The molecule has 8 rings (SSSR count). The van der Waals surface area contributed by atoms with Gasteiger partial charge < -0.3 is 4.74 Å². The molecule has 5 aliphatic rings. The number of halogens is 2. The molecule has 2 saturated heterocycles. The van der Waals surface area contributed by atoms with Gasteiger partial charge in [-0.3, -0.25) is 19.4 Å². The Labute approximate surface area is 233 Å². The van der Waals surface area contributed by atoms with E-state index in [9.17, 15) is 9.59 Å². The van der Waals surface area contributed by atoms with E-state index in [0.717, 1.165) is 28.7 Å². The number of carbonyl (C=O) groups excluding carboxylic acids is 2. The van der Waals surface area contributed by atoms with Crippen molar-refractivity contribution in [3.63, 3.8) is 0 Å². The fourth-order valence-electron chi connectivity index (χ4n) is 7.56. The third kappa shape index (κ3) is 3.45. The Balaban J connectivity index is 0.000000843. The van der Waals surface area contributed by atoms with Crippen LogP contribution >= 0.6 is 23.2 Å². The highest BCUT2D eigenvalue weighted by atomic mass is 35.5. The van der Waals surface area contributed by atoms with Crippen molar-refractivity contribution in [2.75, 3.05) is 26.0 Å². The molecule has 2 aliphatic heterocycles. The maximum absolute atomic E-state index is 13.8. The Kier molecular flexibility index (Phi) is 6.59. The Hall–Kier alpha value is -2.70. The van der Waals surface area contributed by atoms with Gasteiger partial charge in [-0.15, -0.1) is 23.2 Å². The summed E-state index contributed by atoms with van der Waals surface area (Å²) in [5, 5.41) is 0.194. The molecule has 0 aromatic heterocycles. The molecule has 38 heavy (non-hydrogen) atoms. The van der Waals surface area contributed by atoms with Crippen molar-refractivity contribution < 1.29 is 14.3 Å². The smallest absolute Gasteiger partial charge is 0.234 e. The van der Waals surface area contributed by atoms with E-state index in [1.54, 1.807) is 7.05 Å². The van der Waals surface area contributed by atoms with Crippen molar-refractivity contribution in [2.45, 2.75) is 30.0 Å². The maximum atomic E-state index is 13.8. The Bertz CT molecular complexity index is 1330. The molecule has 2 bridgehead atoms. The highest BCUT2D eigenvalue weighted by Gasteiger charge is 2.71. The van der Waals surface area contributed by atoms with Crippen LogP contribution in [0.15, 0.2) is 78.9 Å². The van der Waals surface area contributed by atoms with Gasteiger partial charge in [0, 0.05) is 19.0 Å². The van der Waals surface area contributed by atoms with Gasteiger partial charge in [-0.25, -0.2) is 0 Å². The highest BCUT2D eigenvalue weighted by Crippen LogP contribution is 2.66. The van der Waals surface area contributed by atoms with E-state index in [2.05, 4.69) is 72.6 Å².